The second kappa shape index (κ2) is 16.0. The molecule has 15 heteroatoms. The predicted molar refractivity (Wildman–Crippen MR) is 246 cm³/mol. The Bertz CT molecular complexity index is 3820. The van der Waals surface area contributed by atoms with Gasteiger partial charge in [0.25, 0.3) is 0 Å². The summed E-state index contributed by atoms with van der Waals surface area (Å²) in [4.78, 5) is 0. The van der Waals surface area contributed by atoms with Crippen molar-refractivity contribution in [2.24, 2.45) is 0 Å². The summed E-state index contributed by atoms with van der Waals surface area (Å²) in [6.45, 7) is 3.06. The van der Waals surface area contributed by atoms with Gasteiger partial charge < -0.3 is 9.13 Å². The number of fused-ring (bicyclic) bond motifs is 6. The van der Waals surface area contributed by atoms with Crippen LogP contribution in [0.15, 0.2) is 152 Å². The Labute approximate surface area is 389 Å². The van der Waals surface area contributed by atoms with Crippen molar-refractivity contribution in [1.29, 1.82) is 5.26 Å². The van der Waals surface area contributed by atoms with Gasteiger partial charge in [-0.3, -0.25) is 0 Å². The number of nitriles is 1. The molecule has 350 valence electrons. The van der Waals surface area contributed by atoms with E-state index in [1.165, 1.54) is 26.0 Å². The van der Waals surface area contributed by atoms with Crippen LogP contribution in [-0.2, 0) is 24.7 Å². The molecule has 0 radical (unpaired) electrons. The number of benzene rings is 8. The largest absolute Gasteiger partial charge is 0.417 e. The van der Waals surface area contributed by atoms with E-state index in [0.717, 1.165) is 30.3 Å². The molecule has 3 nitrogen and oxygen atoms in total. The summed E-state index contributed by atoms with van der Waals surface area (Å²) in [5.74, 6) is 0. The lowest BCUT2D eigenvalue weighted by Gasteiger charge is -2.22. The van der Waals surface area contributed by atoms with E-state index in [1.807, 2.05) is 0 Å². The van der Waals surface area contributed by atoms with Gasteiger partial charge in [0.2, 0.25) is 0 Å². The van der Waals surface area contributed by atoms with Crippen LogP contribution in [0.1, 0.15) is 38.9 Å². The first-order chi connectivity index (χ1) is 33.0. The molecule has 0 atom stereocenters. The van der Waals surface area contributed by atoms with Crippen molar-refractivity contribution in [2.45, 2.75) is 38.6 Å². The molecule has 0 aliphatic heterocycles. The van der Waals surface area contributed by atoms with Crippen molar-refractivity contribution in [1.82, 2.24) is 9.13 Å². The fourth-order valence-corrected chi connectivity index (χ4v) is 9.49. The Kier molecular flexibility index (Phi) is 10.5. The first-order valence-electron chi connectivity index (χ1n) is 21.3. The number of rotatable bonds is 5. The molecule has 0 aliphatic carbocycles. The zero-order chi connectivity index (χ0) is 49.8. The molecular weight excluding hydrogens is 931 g/mol. The highest BCUT2D eigenvalue weighted by atomic mass is 19.4. The zero-order valence-electron chi connectivity index (χ0n) is 36.3. The number of hydrogen-bond acceptors (Lipinski definition) is 1. The van der Waals surface area contributed by atoms with Crippen molar-refractivity contribution >= 4 is 43.6 Å². The van der Waals surface area contributed by atoms with E-state index >= 15 is 13.2 Å². The summed E-state index contributed by atoms with van der Waals surface area (Å²) in [7, 11) is 0. The van der Waals surface area contributed by atoms with E-state index in [2.05, 4.69) is 6.07 Å². The van der Waals surface area contributed by atoms with Crippen LogP contribution in [0.2, 0.25) is 0 Å². The van der Waals surface area contributed by atoms with Gasteiger partial charge in [0.15, 0.2) is 0 Å². The first kappa shape index (κ1) is 45.8. The average molecular weight is 962 g/mol. The number of nitrogens with zero attached hydrogens (tertiary/aromatic N) is 3. The number of hydrogen-bond donors (Lipinski definition) is 0. The van der Waals surface area contributed by atoms with Crippen LogP contribution in [0, 0.1) is 25.2 Å². The Morgan fingerprint density at radius 3 is 1.29 bits per heavy atom. The maximum absolute atomic E-state index is 15.3. The van der Waals surface area contributed by atoms with Gasteiger partial charge in [0.1, 0.15) is 6.07 Å². The zero-order valence-corrected chi connectivity index (χ0v) is 36.3. The lowest BCUT2D eigenvalue weighted by atomic mass is 9.93. The summed E-state index contributed by atoms with van der Waals surface area (Å²) in [5, 5.41) is 13.1. The summed E-state index contributed by atoms with van der Waals surface area (Å²) in [6, 6.07) is 36.6. The molecule has 0 saturated heterocycles. The molecule has 0 amide bonds. The number of halogens is 12. The van der Waals surface area contributed by atoms with Crippen LogP contribution in [0.3, 0.4) is 0 Å². The second-order valence-electron chi connectivity index (χ2n) is 17.1. The topological polar surface area (TPSA) is 33.6 Å². The third-order valence-corrected chi connectivity index (χ3v) is 12.5. The van der Waals surface area contributed by atoms with E-state index < -0.39 is 52.5 Å². The molecule has 0 aliphatic rings. The van der Waals surface area contributed by atoms with Crippen LogP contribution < -0.4 is 0 Å². The Balaban J connectivity index is 1.28. The Hall–Kier alpha value is -7.99. The maximum Gasteiger partial charge on any atom is 0.417 e. The lowest BCUT2D eigenvalue weighted by molar-refractivity contribution is -0.143. The number of aryl methyl sites for hydroxylation is 2. The molecule has 10 rings (SSSR count). The third-order valence-electron chi connectivity index (χ3n) is 12.5. The SMILES string of the molecule is Cc1cc(-c2ccc3c(c2)c2ccccc2n3-c2cc(-c3ccc(C(F)(F)F)cc3C(F)(F)F)c(-n3c4ccccc4c4cc(-c5cc(C)cc(C(F)(F)F)c5)ccc43)cc2C#N)cc(C(F)(F)F)c1. The van der Waals surface area contributed by atoms with Crippen molar-refractivity contribution in [3.8, 4) is 50.8 Å². The molecule has 8 aromatic carbocycles. The summed E-state index contributed by atoms with van der Waals surface area (Å²) < 4.78 is 175. The van der Waals surface area contributed by atoms with Gasteiger partial charge >= 0.3 is 24.7 Å². The molecule has 0 spiro atoms. The molecule has 2 aromatic heterocycles. The van der Waals surface area contributed by atoms with E-state index in [-0.39, 0.29) is 39.7 Å². The molecule has 0 unspecified atom stereocenters. The predicted octanol–water partition coefficient (Wildman–Crippen LogP) is 17.4. The quantitative estimate of drug-likeness (QED) is 0.158. The van der Waals surface area contributed by atoms with Crippen LogP contribution >= 0.6 is 0 Å². The van der Waals surface area contributed by atoms with Crippen LogP contribution in [0.5, 0.6) is 0 Å². The van der Waals surface area contributed by atoms with Crippen LogP contribution in [0.25, 0.3) is 88.4 Å². The van der Waals surface area contributed by atoms with Crippen molar-refractivity contribution in [3.63, 3.8) is 0 Å². The maximum atomic E-state index is 15.3. The summed E-state index contributed by atoms with van der Waals surface area (Å²) >= 11 is 0. The Morgan fingerprint density at radius 1 is 0.371 bits per heavy atom. The van der Waals surface area contributed by atoms with E-state index in [4.69, 9.17) is 0 Å². The minimum absolute atomic E-state index is 0.0314. The summed E-state index contributed by atoms with van der Waals surface area (Å²) in [6.07, 6.45) is -19.8. The molecule has 70 heavy (non-hydrogen) atoms. The van der Waals surface area contributed by atoms with Gasteiger partial charge in [0, 0.05) is 27.1 Å². The van der Waals surface area contributed by atoms with Gasteiger partial charge in [-0.05, 0) is 138 Å². The minimum atomic E-state index is -5.34. The highest BCUT2D eigenvalue weighted by molar-refractivity contribution is 6.12. The van der Waals surface area contributed by atoms with Gasteiger partial charge in [-0.2, -0.15) is 57.9 Å². The van der Waals surface area contributed by atoms with Crippen molar-refractivity contribution in [2.75, 3.05) is 0 Å². The second-order valence-corrected chi connectivity index (χ2v) is 17.1. The van der Waals surface area contributed by atoms with Crippen LogP contribution in [-0.4, -0.2) is 9.13 Å². The van der Waals surface area contributed by atoms with Gasteiger partial charge in [-0.1, -0.05) is 66.7 Å². The van der Waals surface area contributed by atoms with E-state index in [1.54, 1.807) is 106 Å². The standard InChI is InChI=1S/C55H31F12N3/c1-29-17-33(21-37(19-29)53(59,60)61)31-11-15-48-42(23-31)40-7-3-5-9-46(40)69(48)50-27-44(39-14-13-36(52(56,57)58)26-45(39)55(65,66)67)51(25-35(50)28-68)70-47-10-6-4-8-41(47)43-24-32(12-16-49(43)70)34-18-30(2)20-38(22-34)54(62,63)64/h3-27H,1-2H3. The lowest BCUT2D eigenvalue weighted by Crippen LogP contribution is -2.13. The average Bonchev–Trinajstić information content (AvgIpc) is 3.81. The fourth-order valence-electron chi connectivity index (χ4n) is 9.49. The highest BCUT2D eigenvalue weighted by Gasteiger charge is 2.40. The normalized spacial score (nSPS) is 12.7. The third kappa shape index (κ3) is 7.86. The van der Waals surface area contributed by atoms with Gasteiger partial charge in [0.05, 0.1) is 61.3 Å². The number of para-hydroxylation sites is 2. The van der Waals surface area contributed by atoms with E-state index in [9.17, 15) is 44.8 Å². The van der Waals surface area contributed by atoms with Crippen molar-refractivity contribution in [3.05, 3.63) is 191 Å². The smallest absolute Gasteiger partial charge is 0.309 e. The molecule has 0 N–H and O–H groups in total. The fraction of sp³-hybridized carbons (Fsp3) is 0.109. The molecule has 0 saturated carbocycles. The van der Waals surface area contributed by atoms with Gasteiger partial charge in [-0.25, -0.2) is 0 Å². The molecule has 0 fully saturated rings. The van der Waals surface area contributed by atoms with E-state index in [0.29, 0.717) is 71.9 Å². The molecule has 10 aromatic rings. The first-order valence-corrected chi connectivity index (χ1v) is 21.3. The summed E-state index contributed by atoms with van der Waals surface area (Å²) in [5.41, 5.74) is -2.29. The number of aromatic nitrogens is 2. The molecule has 2 heterocycles. The minimum Gasteiger partial charge on any atom is -0.309 e. The van der Waals surface area contributed by atoms with Crippen LogP contribution in [0.4, 0.5) is 52.7 Å². The number of alkyl halides is 12. The highest BCUT2D eigenvalue weighted by Crippen LogP contribution is 2.47. The Morgan fingerprint density at radius 2 is 0.829 bits per heavy atom. The van der Waals surface area contributed by atoms with Gasteiger partial charge in [-0.15, -0.1) is 0 Å². The molecule has 0 bridgehead atoms. The van der Waals surface area contributed by atoms with Crippen molar-refractivity contribution < 1.29 is 52.7 Å². The monoisotopic (exact) mass is 961 g/mol. The molecular formula is C55H31F12N3.